The molecule has 1 aliphatic rings. The standard InChI is InChI=1S/C19H17BrN4O3S/c1-3-28-19-22-18(26)15-11-6-4-5-7-13(11)21-17(24(15)23-19)10-8-12(20)16(25)14(9-10)27-2/h4-9,17H,3H2,1-2H3,(H2,22,23,25,26)/p+1/t17-/m0/s1. The minimum Gasteiger partial charge on any atom is -0.503 e. The van der Waals surface area contributed by atoms with Gasteiger partial charge in [-0.25, -0.2) is 0 Å². The maximum Gasteiger partial charge on any atom is 0.325 e. The number of rotatable bonds is 4. The first-order valence-electron chi connectivity index (χ1n) is 8.64. The van der Waals surface area contributed by atoms with E-state index in [9.17, 15) is 9.90 Å². The molecule has 144 valence electrons. The SMILES string of the molecule is CCSc1n[n+]2c(c(=O)[nH]1)-c1ccccc1N[C@@H]2c1cc(Br)c(O)c(OC)c1. The molecule has 1 aromatic heterocycles. The van der Waals surface area contributed by atoms with E-state index in [0.717, 1.165) is 22.6 Å². The van der Waals surface area contributed by atoms with Gasteiger partial charge in [0.25, 0.3) is 6.17 Å². The normalized spacial score (nSPS) is 14.8. The Bertz CT molecular complexity index is 1120. The molecule has 0 saturated carbocycles. The summed E-state index contributed by atoms with van der Waals surface area (Å²) in [6.45, 7) is 2.00. The monoisotopic (exact) mass is 461 g/mol. The third kappa shape index (κ3) is 3.14. The van der Waals surface area contributed by atoms with Crippen LogP contribution < -0.4 is 20.3 Å². The van der Waals surface area contributed by atoms with Gasteiger partial charge in [-0.1, -0.05) is 30.8 Å². The molecule has 2 heterocycles. The van der Waals surface area contributed by atoms with Gasteiger partial charge in [-0.05, 0) is 50.6 Å². The molecule has 3 aromatic rings. The van der Waals surface area contributed by atoms with Crippen LogP contribution in [0.1, 0.15) is 18.7 Å². The van der Waals surface area contributed by atoms with Gasteiger partial charge in [0.05, 0.1) is 22.8 Å². The number of H-pyrrole nitrogens is 1. The van der Waals surface area contributed by atoms with Crippen molar-refractivity contribution in [3.8, 4) is 22.8 Å². The number of ether oxygens (including phenoxy) is 1. The van der Waals surface area contributed by atoms with Gasteiger partial charge in [0, 0.05) is 10.7 Å². The Morgan fingerprint density at radius 2 is 2.14 bits per heavy atom. The highest BCUT2D eigenvalue weighted by Crippen LogP contribution is 2.39. The van der Waals surface area contributed by atoms with E-state index in [1.807, 2.05) is 31.2 Å². The van der Waals surface area contributed by atoms with E-state index in [2.05, 4.69) is 31.3 Å². The minimum absolute atomic E-state index is 0.0220. The van der Waals surface area contributed by atoms with Crippen molar-refractivity contribution in [1.82, 2.24) is 10.1 Å². The summed E-state index contributed by atoms with van der Waals surface area (Å²) < 4.78 is 7.48. The fourth-order valence-electron chi connectivity index (χ4n) is 3.22. The summed E-state index contributed by atoms with van der Waals surface area (Å²) in [4.78, 5) is 15.8. The lowest BCUT2D eigenvalue weighted by Crippen LogP contribution is -2.55. The highest BCUT2D eigenvalue weighted by molar-refractivity contribution is 9.10. The maximum absolute atomic E-state index is 12.9. The number of aromatic amines is 1. The number of phenols is 1. The predicted molar refractivity (Wildman–Crippen MR) is 111 cm³/mol. The van der Waals surface area contributed by atoms with Gasteiger partial charge in [0.15, 0.2) is 11.5 Å². The molecule has 0 bridgehead atoms. The first-order valence-corrected chi connectivity index (χ1v) is 10.4. The molecule has 0 fully saturated rings. The number of anilines is 1. The average Bonchev–Trinajstić information content (AvgIpc) is 2.69. The highest BCUT2D eigenvalue weighted by Gasteiger charge is 2.38. The minimum atomic E-state index is -0.450. The van der Waals surface area contributed by atoms with E-state index in [1.165, 1.54) is 18.9 Å². The number of para-hydroxylation sites is 1. The number of nitrogens with zero attached hydrogens (tertiary/aromatic N) is 2. The summed E-state index contributed by atoms with van der Waals surface area (Å²) in [6, 6.07) is 11.1. The molecule has 28 heavy (non-hydrogen) atoms. The van der Waals surface area contributed by atoms with Gasteiger partial charge in [-0.2, -0.15) is 0 Å². The number of phenolic OH excluding ortho intramolecular Hbond substituents is 1. The quantitative estimate of drug-likeness (QED) is 0.407. The summed E-state index contributed by atoms with van der Waals surface area (Å²) in [5, 5.41) is 18.8. The molecule has 1 atom stereocenters. The van der Waals surface area contributed by atoms with Crippen molar-refractivity contribution in [2.45, 2.75) is 18.2 Å². The molecule has 9 heteroatoms. The zero-order valence-electron chi connectivity index (χ0n) is 15.2. The fourth-order valence-corrected chi connectivity index (χ4v) is 4.27. The number of halogens is 1. The van der Waals surface area contributed by atoms with Crippen molar-refractivity contribution in [3.05, 3.63) is 56.8 Å². The molecule has 3 N–H and O–H groups in total. The van der Waals surface area contributed by atoms with E-state index in [0.29, 0.717) is 21.1 Å². The lowest BCUT2D eigenvalue weighted by molar-refractivity contribution is -0.759. The molecule has 0 saturated heterocycles. The second-order valence-electron chi connectivity index (χ2n) is 6.13. The van der Waals surface area contributed by atoms with Crippen LogP contribution in [-0.2, 0) is 0 Å². The Morgan fingerprint density at radius 3 is 2.89 bits per heavy atom. The van der Waals surface area contributed by atoms with Crippen LogP contribution in [-0.4, -0.2) is 28.1 Å². The van der Waals surface area contributed by atoms with Crippen LogP contribution in [0.25, 0.3) is 11.3 Å². The Hall–Kier alpha value is -2.52. The van der Waals surface area contributed by atoms with E-state index in [-0.39, 0.29) is 11.3 Å². The van der Waals surface area contributed by atoms with Crippen LogP contribution in [0.3, 0.4) is 0 Å². The van der Waals surface area contributed by atoms with Crippen LogP contribution in [0.15, 0.2) is 50.8 Å². The number of hydrogen-bond donors (Lipinski definition) is 3. The van der Waals surface area contributed by atoms with Crippen LogP contribution in [0.5, 0.6) is 11.5 Å². The van der Waals surface area contributed by atoms with Crippen molar-refractivity contribution in [2.24, 2.45) is 0 Å². The van der Waals surface area contributed by atoms with Gasteiger partial charge in [-0.3, -0.25) is 9.78 Å². The third-order valence-electron chi connectivity index (χ3n) is 4.45. The largest absolute Gasteiger partial charge is 0.503 e. The number of fused-ring (bicyclic) bond motifs is 3. The summed E-state index contributed by atoms with van der Waals surface area (Å²) in [6.07, 6.45) is -0.450. The van der Waals surface area contributed by atoms with Crippen molar-refractivity contribution < 1.29 is 14.5 Å². The van der Waals surface area contributed by atoms with Gasteiger partial charge in [-0.15, -0.1) is 0 Å². The summed E-state index contributed by atoms with van der Waals surface area (Å²) in [7, 11) is 1.49. The molecule has 0 amide bonds. The molecule has 7 nitrogen and oxygen atoms in total. The van der Waals surface area contributed by atoms with Crippen LogP contribution in [0.4, 0.5) is 5.69 Å². The molecule has 0 spiro atoms. The number of aromatic nitrogens is 3. The zero-order valence-corrected chi connectivity index (χ0v) is 17.6. The van der Waals surface area contributed by atoms with Gasteiger partial charge in [0.2, 0.25) is 5.16 Å². The predicted octanol–water partition coefficient (Wildman–Crippen LogP) is 3.29. The molecule has 1 aliphatic heterocycles. The summed E-state index contributed by atoms with van der Waals surface area (Å²) in [5.74, 6) is 1.14. The number of aromatic hydroxyl groups is 1. The number of thioether (sulfide) groups is 1. The lowest BCUT2D eigenvalue weighted by atomic mass is 10.0. The Labute approximate surface area is 173 Å². The van der Waals surface area contributed by atoms with E-state index in [4.69, 9.17) is 4.74 Å². The van der Waals surface area contributed by atoms with Gasteiger partial charge >= 0.3 is 11.3 Å². The first-order chi connectivity index (χ1) is 13.5. The molecular formula is C19H18BrN4O3S+. The topological polar surface area (TPSA) is 91.1 Å². The summed E-state index contributed by atoms with van der Waals surface area (Å²) >= 11 is 4.84. The number of nitrogens with one attached hydrogen (secondary N) is 2. The Balaban J connectivity index is 1.97. The van der Waals surface area contributed by atoms with E-state index >= 15 is 0 Å². The third-order valence-corrected chi connectivity index (χ3v) is 5.80. The maximum atomic E-state index is 12.9. The second kappa shape index (κ2) is 7.48. The van der Waals surface area contributed by atoms with Gasteiger partial charge in [0.1, 0.15) is 0 Å². The smallest absolute Gasteiger partial charge is 0.325 e. The molecule has 0 aliphatic carbocycles. The second-order valence-corrected chi connectivity index (χ2v) is 8.24. The molecular weight excluding hydrogens is 444 g/mol. The molecule has 0 radical (unpaired) electrons. The van der Waals surface area contributed by atoms with Crippen LogP contribution in [0, 0.1) is 0 Å². The Kier molecular flexibility index (Phi) is 5.03. The average molecular weight is 462 g/mol. The molecule has 2 aromatic carbocycles. The van der Waals surface area contributed by atoms with Crippen LogP contribution in [0.2, 0.25) is 0 Å². The van der Waals surface area contributed by atoms with Crippen LogP contribution >= 0.6 is 27.7 Å². The highest BCUT2D eigenvalue weighted by atomic mass is 79.9. The fraction of sp³-hybridized carbons (Fsp3) is 0.211. The number of benzene rings is 2. The molecule has 4 rings (SSSR count). The van der Waals surface area contributed by atoms with Crippen molar-refractivity contribution >= 4 is 33.4 Å². The Morgan fingerprint density at radius 1 is 1.36 bits per heavy atom. The van der Waals surface area contributed by atoms with Crippen molar-refractivity contribution in [2.75, 3.05) is 18.2 Å². The van der Waals surface area contributed by atoms with Crippen molar-refractivity contribution in [3.63, 3.8) is 0 Å². The van der Waals surface area contributed by atoms with Gasteiger partial charge < -0.3 is 15.2 Å². The zero-order chi connectivity index (χ0) is 19.8. The lowest BCUT2D eigenvalue weighted by Gasteiger charge is -2.23. The molecule has 0 unspecified atom stereocenters. The first kappa shape index (κ1) is 18.8. The number of methoxy groups -OCH3 is 1. The van der Waals surface area contributed by atoms with E-state index in [1.54, 1.807) is 16.8 Å². The van der Waals surface area contributed by atoms with E-state index < -0.39 is 6.17 Å². The van der Waals surface area contributed by atoms with Crippen molar-refractivity contribution in [1.29, 1.82) is 0 Å². The summed E-state index contributed by atoms with van der Waals surface area (Å²) in [5.41, 5.74) is 2.68. The number of hydrogen-bond acceptors (Lipinski definition) is 6.